The number of aryl methyl sites for hydroxylation is 1. The molecule has 0 aliphatic heterocycles. The van der Waals surface area contributed by atoms with Crippen molar-refractivity contribution in [2.45, 2.75) is 0 Å². The molecule has 0 radical (unpaired) electrons. The van der Waals surface area contributed by atoms with Crippen molar-refractivity contribution in [2.75, 3.05) is 7.11 Å². The van der Waals surface area contributed by atoms with Gasteiger partial charge in [-0.05, 0) is 18.2 Å². The molecule has 0 aliphatic rings. The summed E-state index contributed by atoms with van der Waals surface area (Å²) in [5, 5.41) is 12.5. The lowest BCUT2D eigenvalue weighted by molar-refractivity contribution is 0.0689. The number of aromatic nitrogens is 2. The summed E-state index contributed by atoms with van der Waals surface area (Å²) in [6.07, 6.45) is 0. The van der Waals surface area contributed by atoms with Gasteiger partial charge in [-0.3, -0.25) is 4.68 Å². The molecule has 5 nitrogen and oxygen atoms in total. The first-order chi connectivity index (χ1) is 8.95. The van der Waals surface area contributed by atoms with Gasteiger partial charge in [0.25, 0.3) is 0 Å². The number of aromatic carboxylic acids is 1. The number of benzene rings is 1. The van der Waals surface area contributed by atoms with Crippen molar-refractivity contribution >= 4 is 5.97 Å². The molecule has 1 heterocycles. The molecule has 19 heavy (non-hydrogen) atoms. The molecule has 2 rings (SSSR count). The van der Waals surface area contributed by atoms with Gasteiger partial charge >= 0.3 is 5.97 Å². The van der Waals surface area contributed by atoms with E-state index < -0.39 is 17.6 Å². The summed E-state index contributed by atoms with van der Waals surface area (Å²) in [6, 6.07) is 3.74. The van der Waals surface area contributed by atoms with Gasteiger partial charge in [0.2, 0.25) is 5.82 Å². The predicted octanol–water partition coefficient (Wildman–Crippen LogP) is 2.07. The number of methoxy groups -OCH3 is 1. The van der Waals surface area contributed by atoms with Crippen LogP contribution in [0.25, 0.3) is 11.3 Å². The zero-order valence-electron chi connectivity index (χ0n) is 10.1. The maximum absolute atomic E-state index is 13.9. The Hall–Kier alpha value is -2.44. The second-order valence-electron chi connectivity index (χ2n) is 3.79. The SMILES string of the molecule is COc1ccc(-c2cc(C(=O)O)nn2C)c(F)c1F. The van der Waals surface area contributed by atoms with Crippen molar-refractivity contribution in [2.24, 2.45) is 7.05 Å². The van der Waals surface area contributed by atoms with Crippen LogP contribution in [0.5, 0.6) is 5.75 Å². The van der Waals surface area contributed by atoms with Crippen molar-refractivity contribution in [1.29, 1.82) is 0 Å². The number of halogens is 2. The highest BCUT2D eigenvalue weighted by atomic mass is 19.2. The van der Waals surface area contributed by atoms with Crippen molar-refractivity contribution < 1.29 is 23.4 Å². The Bertz CT molecular complexity index is 653. The molecule has 0 bridgehead atoms. The van der Waals surface area contributed by atoms with E-state index in [-0.39, 0.29) is 22.7 Å². The van der Waals surface area contributed by atoms with E-state index in [4.69, 9.17) is 5.11 Å². The number of nitrogens with zero attached hydrogens (tertiary/aromatic N) is 2. The number of carbonyl (C=O) groups is 1. The third-order valence-corrected chi connectivity index (χ3v) is 2.64. The van der Waals surface area contributed by atoms with Gasteiger partial charge in [-0.25, -0.2) is 9.18 Å². The second-order valence-corrected chi connectivity index (χ2v) is 3.79. The van der Waals surface area contributed by atoms with Crippen molar-refractivity contribution in [1.82, 2.24) is 9.78 Å². The van der Waals surface area contributed by atoms with Crippen LogP contribution >= 0.6 is 0 Å². The zero-order valence-corrected chi connectivity index (χ0v) is 10.1. The Morgan fingerprint density at radius 3 is 2.58 bits per heavy atom. The molecule has 0 amide bonds. The first-order valence-electron chi connectivity index (χ1n) is 5.25. The molecule has 0 fully saturated rings. The van der Waals surface area contributed by atoms with Crippen LogP contribution in [0.4, 0.5) is 8.78 Å². The largest absolute Gasteiger partial charge is 0.494 e. The van der Waals surface area contributed by atoms with Gasteiger partial charge in [0.15, 0.2) is 17.3 Å². The summed E-state index contributed by atoms with van der Waals surface area (Å²) in [6.45, 7) is 0. The van der Waals surface area contributed by atoms with E-state index in [1.807, 2.05) is 0 Å². The lowest BCUT2D eigenvalue weighted by atomic mass is 10.1. The maximum Gasteiger partial charge on any atom is 0.356 e. The van der Waals surface area contributed by atoms with Gasteiger partial charge in [-0.2, -0.15) is 9.49 Å². The van der Waals surface area contributed by atoms with Crippen LogP contribution in [0, 0.1) is 11.6 Å². The normalized spacial score (nSPS) is 10.5. The Kier molecular flexibility index (Phi) is 3.20. The fourth-order valence-corrected chi connectivity index (χ4v) is 1.71. The molecule has 1 aromatic heterocycles. The lowest BCUT2D eigenvalue weighted by Crippen LogP contribution is -2.00. The average Bonchev–Trinajstić information content (AvgIpc) is 2.75. The quantitative estimate of drug-likeness (QED) is 0.925. The minimum atomic E-state index is -1.24. The summed E-state index contributed by atoms with van der Waals surface area (Å²) in [5.41, 5.74) is -0.162. The number of rotatable bonds is 3. The first kappa shape index (κ1) is 13.0. The van der Waals surface area contributed by atoms with Crippen molar-refractivity contribution in [3.63, 3.8) is 0 Å². The van der Waals surface area contributed by atoms with Gasteiger partial charge in [-0.15, -0.1) is 0 Å². The van der Waals surface area contributed by atoms with Gasteiger partial charge in [-0.1, -0.05) is 0 Å². The minimum absolute atomic E-state index is 0.0826. The van der Waals surface area contributed by atoms with E-state index in [9.17, 15) is 13.6 Å². The van der Waals surface area contributed by atoms with Crippen LogP contribution in [0.3, 0.4) is 0 Å². The Balaban J connectivity index is 2.59. The van der Waals surface area contributed by atoms with E-state index in [2.05, 4.69) is 9.84 Å². The fourth-order valence-electron chi connectivity index (χ4n) is 1.71. The summed E-state index contributed by atoms with van der Waals surface area (Å²) in [5.74, 6) is -3.70. The standard InChI is InChI=1S/C12H10F2N2O3/c1-16-8(5-7(15-16)12(17)18)6-3-4-9(19-2)11(14)10(6)13/h3-5H,1-2H3,(H,17,18). The number of ether oxygens (including phenoxy) is 1. The molecule has 100 valence electrons. The van der Waals surface area contributed by atoms with Crippen LogP contribution in [0.2, 0.25) is 0 Å². The van der Waals surface area contributed by atoms with Crippen LogP contribution in [-0.4, -0.2) is 28.0 Å². The molecule has 0 unspecified atom stereocenters. The summed E-state index contributed by atoms with van der Waals surface area (Å²) < 4.78 is 33.3. The highest BCUT2D eigenvalue weighted by Crippen LogP contribution is 2.29. The summed E-state index contributed by atoms with van der Waals surface area (Å²) in [4.78, 5) is 10.8. The molecule has 0 aliphatic carbocycles. The topological polar surface area (TPSA) is 64.3 Å². The van der Waals surface area contributed by atoms with Crippen LogP contribution in [0.1, 0.15) is 10.5 Å². The molecular formula is C12H10F2N2O3. The van der Waals surface area contributed by atoms with Crippen molar-refractivity contribution in [3.05, 3.63) is 35.5 Å². The maximum atomic E-state index is 13.9. The molecule has 7 heteroatoms. The van der Waals surface area contributed by atoms with Crippen LogP contribution in [0.15, 0.2) is 18.2 Å². The number of hydrogen-bond donors (Lipinski definition) is 1. The van der Waals surface area contributed by atoms with Crippen LogP contribution in [-0.2, 0) is 7.05 Å². The Morgan fingerprint density at radius 1 is 1.37 bits per heavy atom. The molecule has 0 atom stereocenters. The number of carboxylic acids is 1. The average molecular weight is 268 g/mol. The number of hydrogen-bond acceptors (Lipinski definition) is 3. The summed E-state index contributed by atoms with van der Waals surface area (Å²) >= 11 is 0. The zero-order chi connectivity index (χ0) is 14.2. The number of carboxylic acid groups (broad SMARTS) is 1. The predicted molar refractivity (Wildman–Crippen MR) is 62.1 cm³/mol. The van der Waals surface area contributed by atoms with Gasteiger partial charge in [0, 0.05) is 12.6 Å². The van der Waals surface area contributed by atoms with E-state index >= 15 is 0 Å². The first-order valence-corrected chi connectivity index (χ1v) is 5.25. The van der Waals surface area contributed by atoms with Crippen LogP contribution < -0.4 is 4.74 Å². The molecule has 1 N–H and O–H groups in total. The van der Waals surface area contributed by atoms with E-state index in [1.165, 1.54) is 37.0 Å². The minimum Gasteiger partial charge on any atom is -0.494 e. The second kappa shape index (κ2) is 4.68. The fraction of sp³-hybridized carbons (Fsp3) is 0.167. The Labute approximate surface area is 107 Å². The monoisotopic (exact) mass is 268 g/mol. The molecule has 0 spiro atoms. The Morgan fingerprint density at radius 2 is 2.05 bits per heavy atom. The molecule has 0 saturated carbocycles. The van der Waals surface area contributed by atoms with Crippen molar-refractivity contribution in [3.8, 4) is 17.0 Å². The highest BCUT2D eigenvalue weighted by Gasteiger charge is 2.19. The lowest BCUT2D eigenvalue weighted by Gasteiger charge is -2.07. The van der Waals surface area contributed by atoms with Gasteiger partial charge in [0.1, 0.15) is 0 Å². The highest BCUT2D eigenvalue weighted by molar-refractivity contribution is 5.87. The molecule has 0 saturated heterocycles. The summed E-state index contributed by atoms with van der Waals surface area (Å²) in [7, 11) is 2.67. The smallest absolute Gasteiger partial charge is 0.356 e. The third kappa shape index (κ3) is 2.14. The van der Waals surface area contributed by atoms with E-state index in [1.54, 1.807) is 0 Å². The molecule has 2 aromatic rings. The van der Waals surface area contributed by atoms with E-state index in [0.717, 1.165) is 0 Å². The molecular weight excluding hydrogens is 258 g/mol. The molecule has 1 aromatic carbocycles. The van der Waals surface area contributed by atoms with E-state index in [0.29, 0.717) is 0 Å². The van der Waals surface area contributed by atoms with Gasteiger partial charge < -0.3 is 9.84 Å². The van der Waals surface area contributed by atoms with Gasteiger partial charge in [0.05, 0.1) is 12.8 Å². The third-order valence-electron chi connectivity index (χ3n) is 2.64.